The lowest BCUT2D eigenvalue weighted by atomic mass is 10.2. The molecule has 0 saturated carbocycles. The third kappa shape index (κ3) is 1.15. The molecule has 0 fully saturated rings. The molecule has 5 nitrogen and oxygen atoms in total. The zero-order chi connectivity index (χ0) is 9.42. The van der Waals surface area contributed by atoms with Crippen LogP contribution in [-0.4, -0.2) is 26.5 Å². The Balaban J connectivity index is 2.88. The molecule has 0 unspecified atom stereocenters. The number of hydrogen-bond donors (Lipinski definition) is 3. The van der Waals surface area contributed by atoms with Crippen molar-refractivity contribution in [3.8, 4) is 0 Å². The topological polar surface area (TPSA) is 78.9 Å². The monoisotopic (exact) mass is 195 g/mol. The number of hydrogen-bond acceptors (Lipinski definition) is 4. The minimum Gasteiger partial charge on any atom is -0.478 e. The number of H-pyrrole nitrogens is 1. The number of benzene rings is 1. The van der Waals surface area contributed by atoms with E-state index in [1.165, 1.54) is 0 Å². The van der Waals surface area contributed by atoms with Crippen LogP contribution in [0.15, 0.2) is 17.0 Å². The van der Waals surface area contributed by atoms with Crippen molar-refractivity contribution < 1.29 is 9.90 Å². The third-order valence-electron chi connectivity index (χ3n) is 1.68. The van der Waals surface area contributed by atoms with Crippen LogP contribution in [0.1, 0.15) is 10.4 Å². The van der Waals surface area contributed by atoms with Gasteiger partial charge in [-0.05, 0) is 12.1 Å². The second-order valence-corrected chi connectivity index (χ2v) is 2.94. The molecule has 0 aliphatic carbocycles. The number of aromatic amines is 1. The van der Waals surface area contributed by atoms with Gasteiger partial charge in [-0.3, -0.25) is 0 Å². The van der Waals surface area contributed by atoms with E-state index in [1.807, 2.05) is 0 Å². The maximum atomic E-state index is 10.8. The van der Waals surface area contributed by atoms with Gasteiger partial charge in [-0.15, -0.1) is 12.6 Å². The molecule has 0 saturated heterocycles. The fraction of sp³-hybridized carbons (Fsp3) is 0. The van der Waals surface area contributed by atoms with E-state index in [0.29, 0.717) is 15.9 Å². The summed E-state index contributed by atoms with van der Waals surface area (Å²) >= 11 is 4.03. The lowest BCUT2D eigenvalue weighted by Gasteiger charge is -1.97. The van der Waals surface area contributed by atoms with Gasteiger partial charge in [0.25, 0.3) is 0 Å². The van der Waals surface area contributed by atoms with Crippen molar-refractivity contribution in [2.45, 2.75) is 4.90 Å². The Morgan fingerprint density at radius 1 is 1.46 bits per heavy atom. The van der Waals surface area contributed by atoms with Crippen LogP contribution in [0.5, 0.6) is 0 Å². The first kappa shape index (κ1) is 8.06. The van der Waals surface area contributed by atoms with Gasteiger partial charge in [0.05, 0.1) is 0 Å². The zero-order valence-electron chi connectivity index (χ0n) is 6.35. The predicted molar refractivity (Wildman–Crippen MR) is 48.1 cm³/mol. The van der Waals surface area contributed by atoms with Crippen LogP contribution >= 0.6 is 12.6 Å². The van der Waals surface area contributed by atoms with Crippen LogP contribution in [0.4, 0.5) is 0 Å². The summed E-state index contributed by atoms with van der Waals surface area (Å²) in [7, 11) is 0. The number of thiol groups is 1. The molecule has 13 heavy (non-hydrogen) atoms. The average Bonchev–Trinajstić information content (AvgIpc) is 2.50. The normalized spacial score (nSPS) is 10.5. The van der Waals surface area contributed by atoms with Gasteiger partial charge >= 0.3 is 5.97 Å². The number of carboxylic acid groups (broad SMARTS) is 1. The SMILES string of the molecule is O=C(O)c1c(S)ccc2n[nH]nc12. The predicted octanol–water partition coefficient (Wildman–Crippen LogP) is 0.945. The highest BCUT2D eigenvalue weighted by Crippen LogP contribution is 2.21. The number of carboxylic acids is 1. The van der Waals surface area contributed by atoms with Crippen molar-refractivity contribution in [2.24, 2.45) is 0 Å². The summed E-state index contributed by atoms with van der Waals surface area (Å²) in [5.74, 6) is -1.05. The van der Waals surface area contributed by atoms with E-state index in [1.54, 1.807) is 12.1 Å². The maximum Gasteiger partial charge on any atom is 0.339 e. The van der Waals surface area contributed by atoms with Gasteiger partial charge in [-0.1, -0.05) is 0 Å². The highest BCUT2D eigenvalue weighted by Gasteiger charge is 2.14. The van der Waals surface area contributed by atoms with Crippen LogP contribution in [0.25, 0.3) is 11.0 Å². The van der Waals surface area contributed by atoms with E-state index in [0.717, 1.165) is 0 Å². The number of fused-ring (bicyclic) bond motifs is 1. The van der Waals surface area contributed by atoms with Crippen molar-refractivity contribution in [3.63, 3.8) is 0 Å². The number of nitrogens with one attached hydrogen (secondary N) is 1. The van der Waals surface area contributed by atoms with E-state index >= 15 is 0 Å². The first-order chi connectivity index (χ1) is 6.20. The first-order valence-electron chi connectivity index (χ1n) is 3.46. The summed E-state index contributed by atoms with van der Waals surface area (Å²) in [6, 6.07) is 3.24. The molecule has 0 aliphatic heterocycles. The third-order valence-corrected chi connectivity index (χ3v) is 2.05. The fourth-order valence-electron chi connectivity index (χ4n) is 1.11. The van der Waals surface area contributed by atoms with Gasteiger partial charge in [0.15, 0.2) is 0 Å². The van der Waals surface area contributed by atoms with Gasteiger partial charge in [0.1, 0.15) is 16.6 Å². The molecule has 2 N–H and O–H groups in total. The first-order valence-corrected chi connectivity index (χ1v) is 3.90. The molecule has 6 heteroatoms. The Kier molecular flexibility index (Phi) is 1.70. The van der Waals surface area contributed by atoms with Crippen LogP contribution < -0.4 is 0 Å². The highest BCUT2D eigenvalue weighted by molar-refractivity contribution is 7.80. The molecule has 0 spiro atoms. The minimum absolute atomic E-state index is 0.0783. The number of carbonyl (C=O) groups is 1. The van der Waals surface area contributed by atoms with E-state index in [4.69, 9.17) is 5.11 Å². The van der Waals surface area contributed by atoms with Crippen molar-refractivity contribution >= 4 is 29.6 Å². The van der Waals surface area contributed by atoms with E-state index in [9.17, 15) is 4.79 Å². The molecular formula is C7H5N3O2S. The van der Waals surface area contributed by atoms with Crippen LogP contribution in [0, 0.1) is 0 Å². The van der Waals surface area contributed by atoms with Crippen LogP contribution in [0.3, 0.4) is 0 Å². The van der Waals surface area contributed by atoms with E-state index in [-0.39, 0.29) is 5.56 Å². The summed E-state index contributed by atoms with van der Waals surface area (Å²) in [6.07, 6.45) is 0. The van der Waals surface area contributed by atoms with Gasteiger partial charge in [-0.2, -0.15) is 15.4 Å². The Labute approximate surface area is 78.2 Å². The molecule has 0 aliphatic rings. The molecule has 1 aromatic carbocycles. The molecule has 0 atom stereocenters. The highest BCUT2D eigenvalue weighted by atomic mass is 32.1. The molecule has 1 heterocycles. The van der Waals surface area contributed by atoms with Crippen LogP contribution in [-0.2, 0) is 0 Å². The Hall–Kier alpha value is -1.56. The van der Waals surface area contributed by atoms with E-state index in [2.05, 4.69) is 28.0 Å². The summed E-state index contributed by atoms with van der Waals surface area (Å²) in [5.41, 5.74) is 0.935. The largest absolute Gasteiger partial charge is 0.478 e. The molecule has 2 rings (SSSR count). The van der Waals surface area contributed by atoms with Crippen LogP contribution in [0.2, 0.25) is 0 Å². The number of aromatic carboxylic acids is 1. The zero-order valence-corrected chi connectivity index (χ0v) is 7.25. The summed E-state index contributed by atoms with van der Waals surface area (Å²) in [4.78, 5) is 11.2. The Morgan fingerprint density at radius 3 is 2.92 bits per heavy atom. The van der Waals surface area contributed by atoms with Crippen molar-refractivity contribution in [2.75, 3.05) is 0 Å². The summed E-state index contributed by atoms with van der Waals surface area (Å²) < 4.78 is 0. The fourth-order valence-corrected chi connectivity index (χ4v) is 1.39. The molecule has 0 bridgehead atoms. The van der Waals surface area contributed by atoms with Gasteiger partial charge in [-0.25, -0.2) is 4.79 Å². The second kappa shape index (κ2) is 2.74. The van der Waals surface area contributed by atoms with Crippen molar-refractivity contribution in [3.05, 3.63) is 17.7 Å². The Bertz CT molecular complexity index is 480. The molecule has 0 radical (unpaired) electrons. The lowest BCUT2D eigenvalue weighted by molar-refractivity contribution is 0.0695. The van der Waals surface area contributed by atoms with Crippen molar-refractivity contribution in [1.29, 1.82) is 0 Å². The number of rotatable bonds is 1. The summed E-state index contributed by atoms with van der Waals surface area (Å²) in [5, 5.41) is 18.7. The molecule has 2 aromatic rings. The molecule has 66 valence electrons. The smallest absolute Gasteiger partial charge is 0.339 e. The average molecular weight is 195 g/mol. The lowest BCUT2D eigenvalue weighted by Crippen LogP contribution is -1.99. The molecule has 1 aromatic heterocycles. The van der Waals surface area contributed by atoms with E-state index < -0.39 is 5.97 Å². The molecular weight excluding hydrogens is 190 g/mol. The number of nitrogens with zero attached hydrogens (tertiary/aromatic N) is 2. The minimum atomic E-state index is -1.05. The van der Waals surface area contributed by atoms with Gasteiger partial charge < -0.3 is 5.11 Å². The number of aromatic nitrogens is 3. The van der Waals surface area contributed by atoms with Gasteiger partial charge in [0, 0.05) is 4.90 Å². The second-order valence-electron chi connectivity index (χ2n) is 2.46. The molecule has 0 amide bonds. The Morgan fingerprint density at radius 2 is 2.23 bits per heavy atom. The van der Waals surface area contributed by atoms with Gasteiger partial charge in [0.2, 0.25) is 0 Å². The van der Waals surface area contributed by atoms with Crippen molar-refractivity contribution in [1.82, 2.24) is 15.4 Å². The standard InChI is InChI=1S/C7H5N3O2S/c11-7(12)5-4(13)2-1-3-6(5)9-10-8-3/h1-2,13H,(H,11,12)(H,8,9,10). The summed E-state index contributed by atoms with van der Waals surface area (Å²) in [6.45, 7) is 0. The maximum absolute atomic E-state index is 10.8. The quantitative estimate of drug-likeness (QED) is 0.592.